The van der Waals surface area contributed by atoms with Crippen molar-refractivity contribution in [2.24, 2.45) is 35.5 Å². The summed E-state index contributed by atoms with van der Waals surface area (Å²) in [6.07, 6.45) is 23.2. The van der Waals surface area contributed by atoms with Crippen LogP contribution in [-0.2, 0) is 0 Å². The topological polar surface area (TPSA) is 0 Å². The summed E-state index contributed by atoms with van der Waals surface area (Å²) in [6, 6.07) is 0. The van der Waals surface area contributed by atoms with Crippen LogP contribution in [0.2, 0.25) is 0 Å². The molecule has 0 aliphatic heterocycles. The summed E-state index contributed by atoms with van der Waals surface area (Å²) in [5, 5.41) is 0. The summed E-state index contributed by atoms with van der Waals surface area (Å²) in [7, 11) is 0. The van der Waals surface area contributed by atoms with Gasteiger partial charge in [0.05, 0.1) is 0 Å². The van der Waals surface area contributed by atoms with Crippen molar-refractivity contribution in [3.8, 4) is 0 Å². The molecule has 0 aliphatic carbocycles. The fraction of sp³-hybridized carbons (Fsp3) is 1.00. The minimum Gasteiger partial charge on any atom is -0.0628 e. The lowest BCUT2D eigenvalue weighted by molar-refractivity contribution is 0.369. The molecule has 30 heavy (non-hydrogen) atoms. The van der Waals surface area contributed by atoms with Crippen molar-refractivity contribution in [2.75, 3.05) is 0 Å². The molecule has 0 rings (SSSR count). The molecule has 184 valence electrons. The lowest BCUT2D eigenvalue weighted by Gasteiger charge is -2.16. The summed E-state index contributed by atoms with van der Waals surface area (Å²) >= 11 is 0. The molecular weight excluding hydrogens is 360 g/mol. The summed E-state index contributed by atoms with van der Waals surface area (Å²) in [4.78, 5) is 0. The Kier molecular flexibility index (Phi) is 19.7. The van der Waals surface area contributed by atoms with E-state index in [9.17, 15) is 0 Å². The third kappa shape index (κ3) is 21.2. The van der Waals surface area contributed by atoms with E-state index in [2.05, 4.69) is 55.4 Å². The van der Waals surface area contributed by atoms with Gasteiger partial charge in [0.2, 0.25) is 0 Å². The molecule has 4 atom stereocenters. The zero-order valence-corrected chi connectivity index (χ0v) is 22.8. The molecule has 0 heteroatoms. The molecular formula is C30H64. The first kappa shape index (κ1) is 30.0. The van der Waals surface area contributed by atoms with Gasteiger partial charge in [-0.2, -0.15) is 0 Å². The van der Waals surface area contributed by atoms with Crippen molar-refractivity contribution in [1.29, 1.82) is 0 Å². The van der Waals surface area contributed by atoms with Gasteiger partial charge in [0, 0.05) is 1.43 Å². The Morgan fingerprint density at radius 3 is 0.733 bits per heavy atom. The zero-order chi connectivity index (χ0) is 22.8. The first-order valence-corrected chi connectivity index (χ1v) is 14.2. The molecule has 0 saturated carbocycles. The predicted molar refractivity (Wildman–Crippen MR) is 142 cm³/mol. The summed E-state index contributed by atoms with van der Waals surface area (Å²) in [5.74, 6) is 5.51. The van der Waals surface area contributed by atoms with E-state index in [1.165, 1.54) is 103 Å². The molecule has 0 fully saturated rings. The Morgan fingerprint density at radius 2 is 0.500 bits per heavy atom. The fourth-order valence-corrected chi connectivity index (χ4v) is 4.94. The number of hydrogen-bond acceptors (Lipinski definition) is 0. The van der Waals surface area contributed by atoms with Gasteiger partial charge in [0.25, 0.3) is 0 Å². The second-order valence-corrected chi connectivity index (χ2v) is 12.2. The molecule has 0 saturated heterocycles. The second kappa shape index (κ2) is 19.7. The van der Waals surface area contributed by atoms with Crippen LogP contribution < -0.4 is 0 Å². The predicted octanol–water partition coefficient (Wildman–Crippen LogP) is 11.3. The van der Waals surface area contributed by atoms with Crippen LogP contribution in [0.15, 0.2) is 0 Å². The average Bonchev–Trinajstić information content (AvgIpc) is 2.64. The molecule has 0 heterocycles. The zero-order valence-electron chi connectivity index (χ0n) is 22.8. The van der Waals surface area contributed by atoms with Crippen LogP contribution >= 0.6 is 0 Å². The SMILES string of the molecule is CC(C)CCCC(C)CCCC(C)CCCCC(C)CCCC(C)CCCC(C)C.[HH]. The average molecular weight is 425 g/mol. The first-order chi connectivity index (χ1) is 14.2. The van der Waals surface area contributed by atoms with Crippen molar-refractivity contribution in [1.82, 2.24) is 0 Å². The van der Waals surface area contributed by atoms with Gasteiger partial charge >= 0.3 is 0 Å². The van der Waals surface area contributed by atoms with Gasteiger partial charge in [-0.05, 0) is 35.5 Å². The van der Waals surface area contributed by atoms with Crippen LogP contribution in [0.1, 0.15) is 160 Å². The van der Waals surface area contributed by atoms with Crippen molar-refractivity contribution in [3.05, 3.63) is 0 Å². The second-order valence-electron chi connectivity index (χ2n) is 12.2. The third-order valence-corrected chi connectivity index (χ3v) is 7.39. The first-order valence-electron chi connectivity index (χ1n) is 14.2. The molecule has 0 radical (unpaired) electrons. The Hall–Kier alpha value is 0. The van der Waals surface area contributed by atoms with Crippen molar-refractivity contribution in [2.45, 2.75) is 158 Å². The largest absolute Gasteiger partial charge is 0.0628 e. The van der Waals surface area contributed by atoms with Crippen LogP contribution in [0.3, 0.4) is 0 Å². The lowest BCUT2D eigenvalue weighted by Crippen LogP contribution is -2.01. The number of unbranched alkanes of at least 4 members (excludes halogenated alkanes) is 1. The maximum atomic E-state index is 2.49. The van der Waals surface area contributed by atoms with E-state index in [0.717, 1.165) is 35.5 Å². The van der Waals surface area contributed by atoms with Crippen molar-refractivity contribution >= 4 is 0 Å². The molecule has 0 amide bonds. The molecule has 0 N–H and O–H groups in total. The highest BCUT2D eigenvalue weighted by molar-refractivity contribution is 4.62. The summed E-state index contributed by atoms with van der Waals surface area (Å²) < 4.78 is 0. The van der Waals surface area contributed by atoms with E-state index in [-0.39, 0.29) is 1.43 Å². The monoisotopic (exact) mass is 425 g/mol. The van der Waals surface area contributed by atoms with Gasteiger partial charge in [0.1, 0.15) is 0 Å². The maximum absolute atomic E-state index is 2.49. The normalized spacial score (nSPS) is 16.2. The van der Waals surface area contributed by atoms with E-state index in [4.69, 9.17) is 0 Å². The van der Waals surface area contributed by atoms with E-state index in [0.29, 0.717) is 0 Å². The van der Waals surface area contributed by atoms with Gasteiger partial charge in [-0.1, -0.05) is 158 Å². The number of hydrogen-bond donors (Lipinski definition) is 0. The Morgan fingerprint density at radius 1 is 0.300 bits per heavy atom. The van der Waals surface area contributed by atoms with Gasteiger partial charge in [-0.3, -0.25) is 0 Å². The Bertz CT molecular complexity index is 314. The Labute approximate surface area is 195 Å². The van der Waals surface area contributed by atoms with Crippen molar-refractivity contribution < 1.29 is 1.43 Å². The van der Waals surface area contributed by atoms with E-state index >= 15 is 0 Å². The molecule has 0 aromatic rings. The molecule has 0 aromatic carbocycles. The number of rotatable bonds is 21. The van der Waals surface area contributed by atoms with E-state index < -0.39 is 0 Å². The molecule has 0 aliphatic rings. The highest BCUT2D eigenvalue weighted by Crippen LogP contribution is 2.24. The molecule has 0 nitrogen and oxygen atoms in total. The van der Waals surface area contributed by atoms with Crippen molar-refractivity contribution in [3.63, 3.8) is 0 Å². The standard InChI is InChI=1S/C30H62.H2/c1-25(2)15-11-19-29(7)23-13-21-27(5)17-9-10-18-28(6)22-14-24-30(8)20-12-16-26(3)4;/h25-30H,9-24H2,1-8H3;1H. The summed E-state index contributed by atoms with van der Waals surface area (Å²) in [6.45, 7) is 19.3. The summed E-state index contributed by atoms with van der Waals surface area (Å²) in [5.41, 5.74) is 0. The molecule has 0 aromatic heterocycles. The lowest BCUT2D eigenvalue weighted by atomic mass is 9.90. The Balaban J connectivity index is 0. The van der Waals surface area contributed by atoms with Crippen LogP contribution in [-0.4, -0.2) is 0 Å². The van der Waals surface area contributed by atoms with Gasteiger partial charge < -0.3 is 0 Å². The maximum Gasteiger partial charge on any atom is 0 e. The van der Waals surface area contributed by atoms with Crippen LogP contribution in [0.25, 0.3) is 0 Å². The molecule has 4 unspecified atom stereocenters. The third-order valence-electron chi connectivity index (χ3n) is 7.39. The quantitative estimate of drug-likeness (QED) is 0.161. The minimum absolute atomic E-state index is 0. The smallest absolute Gasteiger partial charge is 0 e. The van der Waals surface area contributed by atoms with E-state index in [1.54, 1.807) is 0 Å². The highest BCUT2D eigenvalue weighted by atomic mass is 14.1. The van der Waals surface area contributed by atoms with Crippen LogP contribution in [0.5, 0.6) is 0 Å². The highest BCUT2D eigenvalue weighted by Gasteiger charge is 2.09. The minimum atomic E-state index is 0. The van der Waals surface area contributed by atoms with Gasteiger partial charge in [-0.15, -0.1) is 0 Å². The van der Waals surface area contributed by atoms with Gasteiger partial charge in [-0.25, -0.2) is 0 Å². The molecule has 0 bridgehead atoms. The van der Waals surface area contributed by atoms with Gasteiger partial charge in [0.15, 0.2) is 0 Å². The van der Waals surface area contributed by atoms with E-state index in [1.807, 2.05) is 0 Å². The van der Waals surface area contributed by atoms with Crippen LogP contribution in [0, 0.1) is 35.5 Å². The molecule has 0 spiro atoms. The fourth-order valence-electron chi connectivity index (χ4n) is 4.94. The van der Waals surface area contributed by atoms with Crippen LogP contribution in [0.4, 0.5) is 0 Å².